The van der Waals surface area contributed by atoms with Crippen LogP contribution in [-0.2, 0) is 7.05 Å². The minimum atomic E-state index is 0. The topological polar surface area (TPSA) is 56.7 Å². The van der Waals surface area contributed by atoms with Crippen molar-refractivity contribution in [2.75, 3.05) is 5.73 Å². The molecule has 2 aromatic heterocycles. The van der Waals surface area contributed by atoms with E-state index in [0.717, 1.165) is 22.4 Å². The maximum absolute atomic E-state index is 5.70. The zero-order valence-corrected chi connectivity index (χ0v) is 8.30. The van der Waals surface area contributed by atoms with Crippen molar-refractivity contribution in [1.29, 1.82) is 0 Å². The van der Waals surface area contributed by atoms with Gasteiger partial charge in [0.15, 0.2) is 5.65 Å². The summed E-state index contributed by atoms with van der Waals surface area (Å²) in [4.78, 5) is 4.24. The van der Waals surface area contributed by atoms with Gasteiger partial charge in [-0.15, -0.1) is 12.4 Å². The van der Waals surface area contributed by atoms with Crippen LogP contribution in [0.3, 0.4) is 0 Å². The molecule has 2 heterocycles. The zero-order chi connectivity index (χ0) is 8.72. The second kappa shape index (κ2) is 3.22. The largest absolute Gasteiger partial charge is 0.397 e. The van der Waals surface area contributed by atoms with Gasteiger partial charge < -0.3 is 5.73 Å². The number of aryl methyl sites for hydroxylation is 2. The molecule has 0 spiro atoms. The molecule has 0 aliphatic carbocycles. The summed E-state index contributed by atoms with van der Waals surface area (Å²) in [5, 5.41) is 5.15. The Morgan fingerprint density at radius 1 is 1.46 bits per heavy atom. The highest BCUT2D eigenvalue weighted by atomic mass is 35.5. The second-order valence-corrected chi connectivity index (χ2v) is 2.88. The number of hydrogen-bond acceptors (Lipinski definition) is 3. The van der Waals surface area contributed by atoms with E-state index in [1.807, 2.05) is 26.2 Å². The molecular weight excluding hydrogens is 188 g/mol. The van der Waals surface area contributed by atoms with Crippen molar-refractivity contribution in [2.24, 2.45) is 7.05 Å². The van der Waals surface area contributed by atoms with E-state index in [2.05, 4.69) is 10.1 Å². The van der Waals surface area contributed by atoms with Crippen LogP contribution in [0.15, 0.2) is 12.3 Å². The first kappa shape index (κ1) is 9.80. The molecule has 70 valence electrons. The number of anilines is 1. The van der Waals surface area contributed by atoms with Crippen LogP contribution in [0.1, 0.15) is 5.69 Å². The fourth-order valence-electron chi connectivity index (χ4n) is 1.18. The number of nitrogens with zero attached hydrogens (tertiary/aromatic N) is 3. The lowest BCUT2D eigenvalue weighted by Gasteiger charge is -1.95. The standard InChI is InChI=1S/C8H10N4.ClH/c1-5-7(9)3-6-4-12(2)11-8(6)10-5;/h3-4H,9H2,1-2H3;1H. The molecule has 4 nitrogen and oxygen atoms in total. The summed E-state index contributed by atoms with van der Waals surface area (Å²) in [7, 11) is 1.87. The minimum Gasteiger partial charge on any atom is -0.397 e. The van der Waals surface area contributed by atoms with Gasteiger partial charge in [0.05, 0.1) is 11.4 Å². The van der Waals surface area contributed by atoms with Crippen LogP contribution in [-0.4, -0.2) is 14.8 Å². The van der Waals surface area contributed by atoms with Gasteiger partial charge in [0.1, 0.15) is 0 Å². The molecule has 0 aliphatic rings. The molecule has 0 bridgehead atoms. The molecule has 0 saturated heterocycles. The number of pyridine rings is 1. The molecule has 0 aliphatic heterocycles. The van der Waals surface area contributed by atoms with Crippen LogP contribution in [0.2, 0.25) is 0 Å². The maximum Gasteiger partial charge on any atom is 0.181 e. The number of nitrogens with two attached hydrogens (primary N) is 1. The molecule has 13 heavy (non-hydrogen) atoms. The predicted molar refractivity (Wildman–Crippen MR) is 54.9 cm³/mol. The van der Waals surface area contributed by atoms with Crippen LogP contribution >= 0.6 is 12.4 Å². The van der Waals surface area contributed by atoms with Crippen molar-refractivity contribution in [3.8, 4) is 0 Å². The second-order valence-electron chi connectivity index (χ2n) is 2.88. The smallest absolute Gasteiger partial charge is 0.181 e. The van der Waals surface area contributed by atoms with Crippen molar-refractivity contribution in [2.45, 2.75) is 6.92 Å². The highest BCUT2D eigenvalue weighted by Gasteiger charge is 2.02. The Morgan fingerprint density at radius 3 is 2.85 bits per heavy atom. The van der Waals surface area contributed by atoms with Crippen LogP contribution in [0.25, 0.3) is 11.0 Å². The first-order chi connectivity index (χ1) is 5.66. The summed E-state index contributed by atoms with van der Waals surface area (Å²) in [6.07, 6.45) is 1.90. The van der Waals surface area contributed by atoms with E-state index in [0.29, 0.717) is 0 Å². The quantitative estimate of drug-likeness (QED) is 0.694. The summed E-state index contributed by atoms with van der Waals surface area (Å²) < 4.78 is 1.73. The molecule has 2 rings (SSSR count). The Kier molecular flexibility index (Phi) is 2.43. The highest BCUT2D eigenvalue weighted by molar-refractivity contribution is 5.85. The van der Waals surface area contributed by atoms with Crippen LogP contribution in [0, 0.1) is 6.92 Å². The molecule has 2 aromatic rings. The minimum absolute atomic E-state index is 0. The first-order valence-corrected chi connectivity index (χ1v) is 3.73. The lowest BCUT2D eigenvalue weighted by molar-refractivity contribution is 0.775. The summed E-state index contributed by atoms with van der Waals surface area (Å²) in [5.41, 5.74) is 8.00. The number of rotatable bonds is 0. The van der Waals surface area contributed by atoms with Crippen molar-refractivity contribution < 1.29 is 0 Å². The average molecular weight is 199 g/mol. The van der Waals surface area contributed by atoms with Gasteiger partial charge in [-0.25, -0.2) is 4.98 Å². The number of aromatic nitrogens is 3. The van der Waals surface area contributed by atoms with Gasteiger partial charge in [0.25, 0.3) is 0 Å². The number of fused-ring (bicyclic) bond motifs is 1. The lowest BCUT2D eigenvalue weighted by Crippen LogP contribution is -1.92. The van der Waals surface area contributed by atoms with Crippen molar-refractivity contribution in [3.63, 3.8) is 0 Å². The van der Waals surface area contributed by atoms with Gasteiger partial charge in [-0.2, -0.15) is 5.10 Å². The summed E-state index contributed by atoms with van der Waals surface area (Å²) in [6, 6.07) is 1.89. The lowest BCUT2D eigenvalue weighted by atomic mass is 10.3. The SMILES string of the molecule is Cc1nc2nn(C)cc2cc1N.Cl. The van der Waals surface area contributed by atoms with Crippen LogP contribution < -0.4 is 5.73 Å². The Bertz CT molecular complexity index is 396. The van der Waals surface area contributed by atoms with Gasteiger partial charge in [-0.05, 0) is 13.0 Å². The third-order valence-electron chi connectivity index (χ3n) is 1.84. The fourth-order valence-corrected chi connectivity index (χ4v) is 1.18. The van der Waals surface area contributed by atoms with E-state index in [1.165, 1.54) is 0 Å². The van der Waals surface area contributed by atoms with E-state index in [1.54, 1.807) is 4.68 Å². The number of hydrogen-bond donors (Lipinski definition) is 1. The van der Waals surface area contributed by atoms with E-state index in [-0.39, 0.29) is 12.4 Å². The third-order valence-corrected chi connectivity index (χ3v) is 1.84. The molecule has 2 N–H and O–H groups in total. The van der Waals surface area contributed by atoms with Crippen LogP contribution in [0.4, 0.5) is 5.69 Å². The number of nitrogen functional groups attached to an aromatic ring is 1. The van der Waals surface area contributed by atoms with Crippen molar-refractivity contribution in [1.82, 2.24) is 14.8 Å². The van der Waals surface area contributed by atoms with Crippen LogP contribution in [0.5, 0.6) is 0 Å². The zero-order valence-electron chi connectivity index (χ0n) is 7.48. The Labute approximate surface area is 82.2 Å². The van der Waals surface area contributed by atoms with Gasteiger partial charge in [-0.1, -0.05) is 0 Å². The molecule has 0 unspecified atom stereocenters. The first-order valence-electron chi connectivity index (χ1n) is 3.73. The summed E-state index contributed by atoms with van der Waals surface area (Å²) in [6.45, 7) is 1.88. The molecule has 0 amide bonds. The van der Waals surface area contributed by atoms with E-state index in [4.69, 9.17) is 5.73 Å². The van der Waals surface area contributed by atoms with E-state index < -0.39 is 0 Å². The van der Waals surface area contributed by atoms with Crippen molar-refractivity contribution >= 4 is 29.1 Å². The summed E-state index contributed by atoms with van der Waals surface area (Å²) >= 11 is 0. The highest BCUT2D eigenvalue weighted by Crippen LogP contribution is 2.15. The van der Waals surface area contributed by atoms with Gasteiger partial charge >= 0.3 is 0 Å². The predicted octanol–water partition coefficient (Wildman–Crippen LogP) is 1.28. The average Bonchev–Trinajstić information content (AvgIpc) is 2.30. The number of halogens is 1. The molecule has 0 fully saturated rings. The van der Waals surface area contributed by atoms with E-state index in [9.17, 15) is 0 Å². The van der Waals surface area contributed by atoms with Gasteiger partial charge in [-0.3, -0.25) is 4.68 Å². The Morgan fingerprint density at radius 2 is 2.15 bits per heavy atom. The monoisotopic (exact) mass is 198 g/mol. The maximum atomic E-state index is 5.70. The van der Waals surface area contributed by atoms with Gasteiger partial charge in [0, 0.05) is 18.6 Å². The third kappa shape index (κ3) is 1.58. The Balaban J connectivity index is 0.000000845. The molecule has 0 aromatic carbocycles. The fraction of sp³-hybridized carbons (Fsp3) is 0.250. The summed E-state index contributed by atoms with van der Waals surface area (Å²) in [5.74, 6) is 0. The van der Waals surface area contributed by atoms with Gasteiger partial charge in [0.2, 0.25) is 0 Å². The van der Waals surface area contributed by atoms with Crippen molar-refractivity contribution in [3.05, 3.63) is 18.0 Å². The molecule has 5 heteroatoms. The molecule has 0 saturated carbocycles. The molecule has 0 radical (unpaired) electrons. The normalized spacial score (nSPS) is 10.0. The Hall–Kier alpha value is -1.29. The molecular formula is C8H11ClN4. The molecule has 0 atom stereocenters. The van der Waals surface area contributed by atoms with E-state index >= 15 is 0 Å².